The summed E-state index contributed by atoms with van der Waals surface area (Å²) in [6.07, 6.45) is 1.74. The summed E-state index contributed by atoms with van der Waals surface area (Å²) in [7, 11) is 0. The monoisotopic (exact) mass is 297 g/mol. The lowest BCUT2D eigenvalue weighted by Crippen LogP contribution is -2.50. The Morgan fingerprint density at radius 3 is 2.29 bits per heavy atom. The number of aliphatic carboxylic acids is 1. The van der Waals surface area contributed by atoms with Gasteiger partial charge in [-0.2, -0.15) is 0 Å². The third kappa shape index (κ3) is 3.46. The fraction of sp³-hybridized carbons (Fsp3) is 0.786. The van der Waals surface area contributed by atoms with E-state index in [0.29, 0.717) is 39.0 Å². The molecule has 2 aliphatic rings. The van der Waals surface area contributed by atoms with Crippen molar-refractivity contribution in [2.24, 2.45) is 5.41 Å². The second-order valence-corrected chi connectivity index (χ2v) is 6.27. The fourth-order valence-corrected chi connectivity index (χ4v) is 2.94. The molecule has 0 aromatic heterocycles. The van der Waals surface area contributed by atoms with Crippen LogP contribution in [0.15, 0.2) is 0 Å². The van der Waals surface area contributed by atoms with E-state index in [4.69, 9.17) is 0 Å². The zero-order chi connectivity index (χ0) is 15.6. The van der Waals surface area contributed by atoms with Gasteiger partial charge in [-0.1, -0.05) is 0 Å². The maximum absolute atomic E-state index is 12.4. The van der Waals surface area contributed by atoms with Crippen LogP contribution >= 0.6 is 0 Å². The van der Waals surface area contributed by atoms with Crippen LogP contribution < -0.4 is 5.32 Å². The molecule has 21 heavy (non-hydrogen) atoms. The molecular formula is C14H23N3O4. The number of piperidine rings is 1. The SMILES string of the molecule is CC(=O)NC1CCN(C(=O)N2CCC(C)(C(=O)O)CC2)C1. The number of carbonyl (C=O) groups is 3. The van der Waals surface area contributed by atoms with E-state index in [2.05, 4.69) is 5.32 Å². The van der Waals surface area contributed by atoms with Crippen molar-refractivity contribution in [2.75, 3.05) is 26.2 Å². The van der Waals surface area contributed by atoms with Crippen LogP contribution in [0, 0.1) is 5.41 Å². The van der Waals surface area contributed by atoms with Crippen LogP contribution in [0.2, 0.25) is 0 Å². The highest BCUT2D eigenvalue weighted by Crippen LogP contribution is 2.31. The van der Waals surface area contributed by atoms with Crippen molar-refractivity contribution in [1.29, 1.82) is 0 Å². The Kier molecular flexibility index (Phi) is 4.39. The normalized spacial score (nSPS) is 24.8. The van der Waals surface area contributed by atoms with Crippen LogP contribution in [-0.4, -0.2) is 65.0 Å². The van der Waals surface area contributed by atoms with Crippen LogP contribution in [-0.2, 0) is 9.59 Å². The molecule has 3 amide bonds. The topological polar surface area (TPSA) is 90.0 Å². The fourth-order valence-electron chi connectivity index (χ4n) is 2.94. The van der Waals surface area contributed by atoms with Gasteiger partial charge in [-0.3, -0.25) is 9.59 Å². The molecule has 7 heteroatoms. The van der Waals surface area contributed by atoms with Crippen molar-refractivity contribution in [2.45, 2.75) is 39.2 Å². The van der Waals surface area contributed by atoms with Crippen molar-refractivity contribution in [3.05, 3.63) is 0 Å². The zero-order valence-corrected chi connectivity index (χ0v) is 12.6. The average Bonchev–Trinajstić information content (AvgIpc) is 2.86. The molecule has 2 aliphatic heterocycles. The minimum Gasteiger partial charge on any atom is -0.481 e. The predicted octanol–water partition coefficient (Wildman–Crippen LogP) is 0.504. The third-order valence-electron chi connectivity index (χ3n) is 4.52. The van der Waals surface area contributed by atoms with Gasteiger partial charge in [0.1, 0.15) is 0 Å². The molecule has 0 aliphatic carbocycles. The molecule has 2 fully saturated rings. The quantitative estimate of drug-likeness (QED) is 0.777. The number of carboxylic acids is 1. The first kappa shape index (κ1) is 15.6. The van der Waals surface area contributed by atoms with Crippen LogP contribution in [0.5, 0.6) is 0 Å². The predicted molar refractivity (Wildman–Crippen MR) is 75.7 cm³/mol. The van der Waals surface area contributed by atoms with Gasteiger partial charge in [0, 0.05) is 39.1 Å². The number of nitrogens with zero attached hydrogens (tertiary/aromatic N) is 2. The van der Waals surface area contributed by atoms with Gasteiger partial charge in [-0.15, -0.1) is 0 Å². The van der Waals surface area contributed by atoms with Crippen LogP contribution in [0.25, 0.3) is 0 Å². The summed E-state index contributed by atoms with van der Waals surface area (Å²) < 4.78 is 0. The second-order valence-electron chi connectivity index (χ2n) is 6.27. The molecule has 0 aromatic rings. The summed E-state index contributed by atoms with van der Waals surface area (Å²) >= 11 is 0. The number of carboxylic acid groups (broad SMARTS) is 1. The average molecular weight is 297 g/mol. The van der Waals surface area contributed by atoms with Crippen molar-refractivity contribution >= 4 is 17.9 Å². The second kappa shape index (κ2) is 5.91. The maximum atomic E-state index is 12.4. The number of hydrogen-bond donors (Lipinski definition) is 2. The Balaban J connectivity index is 1.86. The molecule has 2 saturated heterocycles. The van der Waals surface area contributed by atoms with Crippen molar-refractivity contribution < 1.29 is 19.5 Å². The van der Waals surface area contributed by atoms with E-state index in [1.165, 1.54) is 6.92 Å². The summed E-state index contributed by atoms with van der Waals surface area (Å²) in [6, 6.07) is -0.0178. The van der Waals surface area contributed by atoms with Crippen LogP contribution in [0.1, 0.15) is 33.1 Å². The number of rotatable bonds is 2. The largest absolute Gasteiger partial charge is 0.481 e. The van der Waals surface area contributed by atoms with Gasteiger partial charge in [0.25, 0.3) is 0 Å². The first-order valence-electron chi connectivity index (χ1n) is 7.36. The summed E-state index contributed by atoms with van der Waals surface area (Å²) in [5, 5.41) is 12.0. The van der Waals surface area contributed by atoms with E-state index in [-0.39, 0.29) is 18.0 Å². The number of hydrogen-bond acceptors (Lipinski definition) is 3. The molecule has 118 valence electrons. The molecule has 1 unspecified atom stereocenters. The highest BCUT2D eigenvalue weighted by Gasteiger charge is 2.39. The van der Waals surface area contributed by atoms with Gasteiger partial charge in [0.15, 0.2) is 0 Å². The van der Waals surface area contributed by atoms with E-state index in [1.807, 2.05) is 0 Å². The molecule has 0 aromatic carbocycles. The smallest absolute Gasteiger partial charge is 0.320 e. The summed E-state index contributed by atoms with van der Waals surface area (Å²) in [5.74, 6) is -0.869. The molecule has 0 radical (unpaired) electrons. The van der Waals surface area contributed by atoms with Gasteiger partial charge in [-0.05, 0) is 26.2 Å². The molecule has 7 nitrogen and oxygen atoms in total. The standard InChI is InChI=1S/C14H23N3O4/c1-10(18)15-11-3-6-17(9-11)13(21)16-7-4-14(2,5-8-16)12(19)20/h11H,3-9H2,1-2H3,(H,15,18)(H,19,20). The minimum absolute atomic E-state index is 0.0283. The number of urea groups is 1. The van der Waals surface area contributed by atoms with Crippen molar-refractivity contribution in [1.82, 2.24) is 15.1 Å². The number of amides is 3. The van der Waals surface area contributed by atoms with E-state index in [9.17, 15) is 19.5 Å². The van der Waals surface area contributed by atoms with E-state index < -0.39 is 11.4 Å². The molecular weight excluding hydrogens is 274 g/mol. The molecule has 0 bridgehead atoms. The number of carbonyl (C=O) groups excluding carboxylic acids is 2. The summed E-state index contributed by atoms with van der Waals surface area (Å²) in [6.45, 7) is 5.33. The summed E-state index contributed by atoms with van der Waals surface area (Å²) in [4.78, 5) is 38.1. The lowest BCUT2D eigenvalue weighted by Gasteiger charge is -2.38. The van der Waals surface area contributed by atoms with Crippen LogP contribution in [0.3, 0.4) is 0 Å². The molecule has 2 N–H and O–H groups in total. The Morgan fingerprint density at radius 2 is 1.76 bits per heavy atom. The van der Waals surface area contributed by atoms with E-state index in [0.717, 1.165) is 6.42 Å². The number of nitrogens with one attached hydrogen (secondary N) is 1. The lowest BCUT2D eigenvalue weighted by atomic mass is 9.80. The highest BCUT2D eigenvalue weighted by atomic mass is 16.4. The van der Waals surface area contributed by atoms with E-state index >= 15 is 0 Å². The lowest BCUT2D eigenvalue weighted by molar-refractivity contribution is -0.150. The van der Waals surface area contributed by atoms with Gasteiger partial charge in [0.2, 0.25) is 5.91 Å². The Morgan fingerprint density at radius 1 is 1.14 bits per heavy atom. The first-order valence-corrected chi connectivity index (χ1v) is 7.36. The maximum Gasteiger partial charge on any atom is 0.320 e. The molecule has 0 spiro atoms. The Bertz CT molecular complexity index is 444. The Hall–Kier alpha value is -1.79. The van der Waals surface area contributed by atoms with Gasteiger partial charge in [-0.25, -0.2) is 4.79 Å². The molecule has 2 rings (SSSR count). The van der Waals surface area contributed by atoms with Gasteiger partial charge >= 0.3 is 12.0 Å². The minimum atomic E-state index is -0.790. The molecule has 2 heterocycles. The van der Waals surface area contributed by atoms with E-state index in [1.54, 1.807) is 16.7 Å². The molecule has 1 atom stereocenters. The first-order chi connectivity index (χ1) is 9.82. The van der Waals surface area contributed by atoms with Crippen molar-refractivity contribution in [3.8, 4) is 0 Å². The van der Waals surface area contributed by atoms with Crippen LogP contribution in [0.4, 0.5) is 4.79 Å². The third-order valence-corrected chi connectivity index (χ3v) is 4.52. The Labute approximate surface area is 124 Å². The highest BCUT2D eigenvalue weighted by molar-refractivity contribution is 5.77. The van der Waals surface area contributed by atoms with Crippen molar-refractivity contribution in [3.63, 3.8) is 0 Å². The number of likely N-dealkylation sites (tertiary alicyclic amines) is 2. The molecule has 0 saturated carbocycles. The van der Waals surface area contributed by atoms with Gasteiger partial charge in [0.05, 0.1) is 5.41 Å². The summed E-state index contributed by atoms with van der Waals surface area (Å²) in [5.41, 5.74) is -0.722. The van der Waals surface area contributed by atoms with Gasteiger partial charge < -0.3 is 20.2 Å². The zero-order valence-electron chi connectivity index (χ0n) is 12.6.